The number of ether oxygens (including phenoxy) is 1. The van der Waals surface area contributed by atoms with Crippen molar-refractivity contribution in [3.05, 3.63) is 49.9 Å². The fourth-order valence-corrected chi connectivity index (χ4v) is 1.59. The second-order valence-electron chi connectivity index (χ2n) is 3.16. The molecule has 0 aliphatic rings. The van der Waals surface area contributed by atoms with Crippen LogP contribution in [-0.2, 0) is 9.53 Å². The van der Waals surface area contributed by atoms with Gasteiger partial charge < -0.3 is 4.74 Å². The molecule has 1 aromatic carbocycles. The summed E-state index contributed by atoms with van der Waals surface area (Å²) in [6, 6.07) is 5.53. The fourth-order valence-electron chi connectivity index (χ4n) is 1.21. The second kappa shape index (κ2) is 6.08. The molecule has 0 bridgehead atoms. The van der Waals surface area contributed by atoms with Crippen molar-refractivity contribution in [3.8, 4) is 0 Å². The topological polar surface area (TPSA) is 75.1 Å². The highest BCUT2D eigenvalue weighted by Crippen LogP contribution is 2.22. The van der Waals surface area contributed by atoms with Crippen LogP contribution in [0.2, 0.25) is 0 Å². The standard InChI is InChI=1S/C11H10BrN3O2/c1-7-8(4-3-5-9(7)12)6-10(14-15-13)11(16)17-2/h3-6H,1-2H3/b10-6+. The monoisotopic (exact) mass is 295 g/mol. The Morgan fingerprint density at radius 2 is 2.29 bits per heavy atom. The van der Waals surface area contributed by atoms with Gasteiger partial charge in [0.1, 0.15) is 5.70 Å². The van der Waals surface area contributed by atoms with Crippen molar-refractivity contribution in [1.29, 1.82) is 0 Å². The van der Waals surface area contributed by atoms with Gasteiger partial charge in [0.15, 0.2) is 0 Å². The number of esters is 1. The molecule has 88 valence electrons. The minimum Gasteiger partial charge on any atom is -0.466 e. The lowest BCUT2D eigenvalue weighted by Crippen LogP contribution is -2.02. The zero-order chi connectivity index (χ0) is 12.8. The molecule has 1 rings (SSSR count). The number of carbonyl (C=O) groups is 1. The molecule has 0 aromatic heterocycles. The van der Waals surface area contributed by atoms with Gasteiger partial charge in [0.2, 0.25) is 0 Å². The number of methoxy groups -OCH3 is 1. The molecule has 17 heavy (non-hydrogen) atoms. The van der Waals surface area contributed by atoms with Crippen molar-refractivity contribution in [2.24, 2.45) is 5.11 Å². The molecule has 6 heteroatoms. The smallest absolute Gasteiger partial charge is 0.340 e. The highest BCUT2D eigenvalue weighted by atomic mass is 79.9. The van der Waals surface area contributed by atoms with Gasteiger partial charge >= 0.3 is 5.97 Å². The maximum atomic E-state index is 11.3. The van der Waals surface area contributed by atoms with Gasteiger partial charge in [0.25, 0.3) is 0 Å². The molecule has 0 saturated heterocycles. The summed E-state index contributed by atoms with van der Waals surface area (Å²) in [5.41, 5.74) is 10.0. The maximum absolute atomic E-state index is 11.3. The summed E-state index contributed by atoms with van der Waals surface area (Å²) in [6.45, 7) is 1.89. The molecular formula is C11H10BrN3O2. The molecule has 0 atom stereocenters. The number of azide groups is 1. The normalized spacial score (nSPS) is 10.6. The molecule has 0 radical (unpaired) electrons. The summed E-state index contributed by atoms with van der Waals surface area (Å²) < 4.78 is 5.44. The third-order valence-corrected chi connectivity index (χ3v) is 3.01. The van der Waals surface area contributed by atoms with E-state index in [0.717, 1.165) is 15.6 Å². The number of hydrogen-bond acceptors (Lipinski definition) is 3. The molecule has 5 nitrogen and oxygen atoms in total. The average molecular weight is 296 g/mol. The van der Waals surface area contributed by atoms with E-state index < -0.39 is 5.97 Å². The van der Waals surface area contributed by atoms with Crippen LogP contribution in [0, 0.1) is 6.92 Å². The lowest BCUT2D eigenvalue weighted by atomic mass is 10.1. The number of rotatable bonds is 3. The van der Waals surface area contributed by atoms with Crippen LogP contribution < -0.4 is 0 Å². The van der Waals surface area contributed by atoms with E-state index in [1.807, 2.05) is 25.1 Å². The summed E-state index contributed by atoms with van der Waals surface area (Å²) in [4.78, 5) is 13.9. The van der Waals surface area contributed by atoms with E-state index in [4.69, 9.17) is 5.53 Å². The Kier molecular flexibility index (Phi) is 4.75. The minimum atomic E-state index is -0.665. The number of hydrogen-bond donors (Lipinski definition) is 0. The largest absolute Gasteiger partial charge is 0.466 e. The van der Waals surface area contributed by atoms with E-state index in [9.17, 15) is 4.79 Å². The Balaban J connectivity index is 3.26. The Bertz CT molecular complexity index is 519. The van der Waals surface area contributed by atoms with Gasteiger partial charge in [0.05, 0.1) is 7.11 Å². The van der Waals surface area contributed by atoms with Crippen LogP contribution in [0.3, 0.4) is 0 Å². The molecule has 0 aliphatic heterocycles. The third kappa shape index (κ3) is 3.34. The minimum absolute atomic E-state index is 0.0730. The Labute approximate surface area is 107 Å². The van der Waals surface area contributed by atoms with Crippen LogP contribution in [-0.4, -0.2) is 13.1 Å². The van der Waals surface area contributed by atoms with E-state index in [-0.39, 0.29) is 5.70 Å². The van der Waals surface area contributed by atoms with Crippen LogP contribution >= 0.6 is 15.9 Å². The van der Waals surface area contributed by atoms with Crippen molar-refractivity contribution < 1.29 is 9.53 Å². The van der Waals surface area contributed by atoms with Gasteiger partial charge in [-0.3, -0.25) is 0 Å². The fraction of sp³-hybridized carbons (Fsp3) is 0.182. The van der Waals surface area contributed by atoms with Crippen LogP contribution in [0.5, 0.6) is 0 Å². The molecule has 0 N–H and O–H groups in total. The molecular weight excluding hydrogens is 286 g/mol. The van der Waals surface area contributed by atoms with E-state index in [0.29, 0.717) is 0 Å². The average Bonchev–Trinajstić information content (AvgIpc) is 2.33. The molecule has 0 spiro atoms. The zero-order valence-corrected chi connectivity index (χ0v) is 10.9. The van der Waals surface area contributed by atoms with Gasteiger partial charge in [-0.2, -0.15) is 0 Å². The van der Waals surface area contributed by atoms with E-state index >= 15 is 0 Å². The molecule has 0 aliphatic carbocycles. The Morgan fingerprint density at radius 1 is 1.59 bits per heavy atom. The first-order valence-corrected chi connectivity index (χ1v) is 5.49. The van der Waals surface area contributed by atoms with Crippen molar-refractivity contribution in [2.45, 2.75) is 6.92 Å². The van der Waals surface area contributed by atoms with Gasteiger partial charge in [0, 0.05) is 9.38 Å². The first kappa shape index (κ1) is 13.3. The van der Waals surface area contributed by atoms with E-state index in [1.165, 1.54) is 13.2 Å². The predicted octanol–water partition coefficient (Wildman–Crippen LogP) is 3.58. The first-order chi connectivity index (χ1) is 8.10. The number of carbonyl (C=O) groups excluding carboxylic acids is 1. The number of benzene rings is 1. The Morgan fingerprint density at radius 3 is 2.88 bits per heavy atom. The summed E-state index contributed by atoms with van der Waals surface area (Å²) in [5.74, 6) is -0.665. The molecule has 0 unspecified atom stereocenters. The van der Waals surface area contributed by atoms with Gasteiger partial charge in [-0.15, -0.1) is 0 Å². The number of nitrogens with zero attached hydrogens (tertiary/aromatic N) is 3. The summed E-state index contributed by atoms with van der Waals surface area (Å²) in [6.07, 6.45) is 1.49. The third-order valence-electron chi connectivity index (χ3n) is 2.15. The van der Waals surface area contributed by atoms with Crippen molar-refractivity contribution in [3.63, 3.8) is 0 Å². The highest BCUT2D eigenvalue weighted by Gasteiger charge is 2.08. The zero-order valence-electron chi connectivity index (χ0n) is 9.35. The molecule has 0 amide bonds. The predicted molar refractivity (Wildman–Crippen MR) is 68.0 cm³/mol. The van der Waals surface area contributed by atoms with Crippen LogP contribution in [0.4, 0.5) is 0 Å². The van der Waals surface area contributed by atoms with Crippen molar-refractivity contribution in [2.75, 3.05) is 7.11 Å². The molecule has 0 saturated carbocycles. The second-order valence-corrected chi connectivity index (χ2v) is 4.02. The van der Waals surface area contributed by atoms with Gasteiger partial charge in [-0.25, -0.2) is 4.79 Å². The first-order valence-electron chi connectivity index (χ1n) is 4.70. The quantitative estimate of drug-likeness (QED) is 0.281. The maximum Gasteiger partial charge on any atom is 0.340 e. The molecule has 1 aromatic rings. The van der Waals surface area contributed by atoms with Gasteiger partial charge in [-0.05, 0) is 35.7 Å². The molecule has 0 heterocycles. The Hall–Kier alpha value is -1.78. The van der Waals surface area contributed by atoms with Crippen molar-refractivity contribution >= 4 is 28.0 Å². The highest BCUT2D eigenvalue weighted by molar-refractivity contribution is 9.10. The SMILES string of the molecule is COC(=O)/C(=C\c1cccc(Br)c1C)N=[N+]=[N-]. The van der Waals surface area contributed by atoms with Crippen LogP contribution in [0.25, 0.3) is 16.5 Å². The van der Waals surface area contributed by atoms with Crippen LogP contribution in [0.1, 0.15) is 11.1 Å². The van der Waals surface area contributed by atoms with Gasteiger partial charge in [-0.1, -0.05) is 33.2 Å². The lowest BCUT2D eigenvalue weighted by Gasteiger charge is -2.04. The summed E-state index contributed by atoms with van der Waals surface area (Å²) in [7, 11) is 1.23. The lowest BCUT2D eigenvalue weighted by molar-refractivity contribution is -0.136. The van der Waals surface area contributed by atoms with Crippen molar-refractivity contribution in [1.82, 2.24) is 0 Å². The summed E-state index contributed by atoms with van der Waals surface area (Å²) in [5, 5.41) is 3.31. The van der Waals surface area contributed by atoms with E-state index in [2.05, 4.69) is 30.7 Å². The van der Waals surface area contributed by atoms with E-state index in [1.54, 1.807) is 0 Å². The summed E-state index contributed by atoms with van der Waals surface area (Å²) >= 11 is 3.38. The number of halogens is 1. The molecule has 0 fully saturated rings. The van der Waals surface area contributed by atoms with Crippen LogP contribution in [0.15, 0.2) is 33.5 Å².